The Morgan fingerprint density at radius 3 is 2.84 bits per heavy atom. The van der Waals surface area contributed by atoms with E-state index >= 15 is 0 Å². The monoisotopic (exact) mass is 277 g/mol. The van der Waals surface area contributed by atoms with Gasteiger partial charge in [-0.1, -0.05) is 13.8 Å². The molecule has 1 aromatic carbocycles. The van der Waals surface area contributed by atoms with Crippen molar-refractivity contribution >= 4 is 33.1 Å². The third-order valence-electron chi connectivity index (χ3n) is 3.16. The van der Waals surface area contributed by atoms with Crippen molar-refractivity contribution in [3.8, 4) is 0 Å². The molecular formula is C14H19N3OS. The number of anilines is 1. The van der Waals surface area contributed by atoms with E-state index in [0.717, 1.165) is 20.9 Å². The SMILES string of the molecule is Cc1nc2ccc(NC(=O)C(CN)C(C)C)cc2s1. The van der Waals surface area contributed by atoms with E-state index in [1.807, 2.05) is 39.0 Å². The normalized spacial score (nSPS) is 12.9. The summed E-state index contributed by atoms with van der Waals surface area (Å²) in [5.41, 5.74) is 7.43. The van der Waals surface area contributed by atoms with Crippen molar-refractivity contribution in [3.05, 3.63) is 23.2 Å². The van der Waals surface area contributed by atoms with Gasteiger partial charge in [0.2, 0.25) is 5.91 Å². The summed E-state index contributed by atoms with van der Waals surface area (Å²) in [6, 6.07) is 5.78. The van der Waals surface area contributed by atoms with Crippen LogP contribution in [0.3, 0.4) is 0 Å². The lowest BCUT2D eigenvalue weighted by molar-refractivity contribution is -0.120. The lowest BCUT2D eigenvalue weighted by Gasteiger charge is -2.18. The zero-order chi connectivity index (χ0) is 14.0. The van der Waals surface area contributed by atoms with Gasteiger partial charge in [0.25, 0.3) is 0 Å². The molecular weight excluding hydrogens is 258 g/mol. The van der Waals surface area contributed by atoms with Crippen molar-refractivity contribution in [1.29, 1.82) is 0 Å². The molecule has 19 heavy (non-hydrogen) atoms. The zero-order valence-corrected chi connectivity index (χ0v) is 12.3. The summed E-state index contributed by atoms with van der Waals surface area (Å²) < 4.78 is 1.09. The maximum atomic E-state index is 12.1. The summed E-state index contributed by atoms with van der Waals surface area (Å²) >= 11 is 1.63. The Kier molecular flexibility index (Phi) is 4.17. The average Bonchev–Trinajstić information content (AvgIpc) is 2.68. The molecule has 0 radical (unpaired) electrons. The molecule has 3 N–H and O–H groups in total. The van der Waals surface area contributed by atoms with Crippen LogP contribution in [0.1, 0.15) is 18.9 Å². The van der Waals surface area contributed by atoms with E-state index in [1.54, 1.807) is 11.3 Å². The molecule has 0 fully saturated rings. The molecule has 0 aliphatic carbocycles. The molecule has 1 atom stereocenters. The number of carbonyl (C=O) groups excluding carboxylic acids is 1. The fourth-order valence-corrected chi connectivity index (χ4v) is 2.90. The maximum Gasteiger partial charge on any atom is 0.229 e. The third-order valence-corrected chi connectivity index (χ3v) is 4.09. The van der Waals surface area contributed by atoms with Gasteiger partial charge < -0.3 is 11.1 Å². The first-order chi connectivity index (χ1) is 9.01. The van der Waals surface area contributed by atoms with Crippen LogP contribution in [0.4, 0.5) is 5.69 Å². The number of aromatic nitrogens is 1. The minimum atomic E-state index is -0.154. The molecule has 2 aromatic rings. The summed E-state index contributed by atoms with van der Waals surface area (Å²) in [6.07, 6.45) is 0. The Hall–Kier alpha value is -1.46. The second kappa shape index (κ2) is 5.67. The van der Waals surface area contributed by atoms with Crippen LogP contribution in [0.15, 0.2) is 18.2 Å². The number of nitrogens with two attached hydrogens (primary N) is 1. The van der Waals surface area contributed by atoms with Crippen LogP contribution < -0.4 is 11.1 Å². The zero-order valence-electron chi connectivity index (χ0n) is 11.4. The Labute approximate surface area is 117 Å². The van der Waals surface area contributed by atoms with Gasteiger partial charge in [-0.3, -0.25) is 4.79 Å². The van der Waals surface area contributed by atoms with E-state index in [9.17, 15) is 4.79 Å². The van der Waals surface area contributed by atoms with Gasteiger partial charge in [-0.2, -0.15) is 0 Å². The molecule has 0 aliphatic rings. The Balaban J connectivity index is 2.18. The number of thiazole rings is 1. The standard InChI is InChI=1S/C14H19N3OS/c1-8(2)11(7-15)14(18)17-10-4-5-12-13(6-10)19-9(3)16-12/h4-6,8,11H,7,15H2,1-3H3,(H,17,18). The predicted molar refractivity (Wildman–Crippen MR) is 80.4 cm³/mol. The van der Waals surface area contributed by atoms with Gasteiger partial charge in [0.15, 0.2) is 0 Å². The number of carbonyl (C=O) groups is 1. The van der Waals surface area contributed by atoms with Crippen LogP contribution >= 0.6 is 11.3 Å². The molecule has 102 valence electrons. The Morgan fingerprint density at radius 2 is 2.21 bits per heavy atom. The fourth-order valence-electron chi connectivity index (χ4n) is 2.03. The lowest BCUT2D eigenvalue weighted by Crippen LogP contribution is -2.33. The van der Waals surface area contributed by atoms with Gasteiger partial charge in [0.1, 0.15) is 0 Å². The molecule has 0 saturated heterocycles. The van der Waals surface area contributed by atoms with Gasteiger partial charge in [0.05, 0.1) is 21.1 Å². The van der Waals surface area contributed by atoms with Crippen molar-refractivity contribution in [3.63, 3.8) is 0 Å². The van der Waals surface area contributed by atoms with Gasteiger partial charge >= 0.3 is 0 Å². The molecule has 1 unspecified atom stereocenters. The largest absolute Gasteiger partial charge is 0.330 e. The number of rotatable bonds is 4. The number of benzene rings is 1. The summed E-state index contributed by atoms with van der Waals surface area (Å²) in [5, 5.41) is 3.96. The number of amides is 1. The first-order valence-corrected chi connectivity index (χ1v) is 7.21. The van der Waals surface area contributed by atoms with Crippen LogP contribution in [-0.4, -0.2) is 17.4 Å². The maximum absolute atomic E-state index is 12.1. The lowest BCUT2D eigenvalue weighted by atomic mass is 9.95. The van der Waals surface area contributed by atoms with Crippen LogP contribution in [0.25, 0.3) is 10.2 Å². The van der Waals surface area contributed by atoms with E-state index in [-0.39, 0.29) is 17.7 Å². The average molecular weight is 277 g/mol. The van der Waals surface area contributed by atoms with E-state index in [4.69, 9.17) is 5.73 Å². The highest BCUT2D eigenvalue weighted by Gasteiger charge is 2.20. The first kappa shape index (κ1) is 14.0. The number of fused-ring (bicyclic) bond motifs is 1. The van der Waals surface area contributed by atoms with Crippen molar-refractivity contribution in [1.82, 2.24) is 4.98 Å². The predicted octanol–water partition coefficient (Wildman–Crippen LogP) is 2.77. The minimum absolute atomic E-state index is 0.0157. The molecule has 0 bridgehead atoms. The molecule has 0 spiro atoms. The van der Waals surface area contributed by atoms with Crippen molar-refractivity contribution in [2.24, 2.45) is 17.6 Å². The van der Waals surface area contributed by atoms with Gasteiger partial charge in [-0.15, -0.1) is 11.3 Å². The highest BCUT2D eigenvalue weighted by molar-refractivity contribution is 7.18. The Bertz CT molecular complexity index is 591. The summed E-state index contributed by atoms with van der Waals surface area (Å²) in [7, 11) is 0. The molecule has 5 heteroatoms. The molecule has 0 aliphatic heterocycles. The van der Waals surface area contributed by atoms with Gasteiger partial charge in [-0.25, -0.2) is 4.98 Å². The fraction of sp³-hybridized carbons (Fsp3) is 0.429. The minimum Gasteiger partial charge on any atom is -0.330 e. The van der Waals surface area contributed by atoms with Gasteiger partial charge in [0, 0.05) is 12.2 Å². The smallest absolute Gasteiger partial charge is 0.229 e. The topological polar surface area (TPSA) is 68.0 Å². The molecule has 0 saturated carbocycles. The van der Waals surface area contributed by atoms with Crippen molar-refractivity contribution < 1.29 is 4.79 Å². The molecule has 1 aromatic heterocycles. The molecule has 4 nitrogen and oxygen atoms in total. The molecule has 1 amide bonds. The number of aryl methyl sites for hydroxylation is 1. The van der Waals surface area contributed by atoms with E-state index in [0.29, 0.717) is 6.54 Å². The van der Waals surface area contributed by atoms with Crippen LogP contribution in [0.2, 0.25) is 0 Å². The second-order valence-electron chi connectivity index (χ2n) is 4.99. The molecule has 2 rings (SSSR count). The quantitative estimate of drug-likeness (QED) is 0.903. The van der Waals surface area contributed by atoms with Gasteiger partial charge in [-0.05, 0) is 31.0 Å². The summed E-state index contributed by atoms with van der Waals surface area (Å²) in [4.78, 5) is 16.5. The highest BCUT2D eigenvalue weighted by Crippen LogP contribution is 2.25. The van der Waals surface area contributed by atoms with Crippen molar-refractivity contribution in [2.75, 3.05) is 11.9 Å². The second-order valence-corrected chi connectivity index (χ2v) is 6.23. The van der Waals surface area contributed by atoms with E-state index in [2.05, 4.69) is 10.3 Å². The van der Waals surface area contributed by atoms with Crippen LogP contribution in [0, 0.1) is 18.8 Å². The molecule has 1 heterocycles. The number of hydrogen-bond acceptors (Lipinski definition) is 4. The Morgan fingerprint density at radius 1 is 1.47 bits per heavy atom. The van der Waals surface area contributed by atoms with E-state index < -0.39 is 0 Å². The number of hydrogen-bond donors (Lipinski definition) is 2. The van der Waals surface area contributed by atoms with Crippen molar-refractivity contribution in [2.45, 2.75) is 20.8 Å². The first-order valence-electron chi connectivity index (χ1n) is 6.39. The number of nitrogens with one attached hydrogen (secondary N) is 1. The van der Waals surface area contributed by atoms with Crippen LogP contribution in [0.5, 0.6) is 0 Å². The van der Waals surface area contributed by atoms with E-state index in [1.165, 1.54) is 0 Å². The summed E-state index contributed by atoms with van der Waals surface area (Å²) in [6.45, 7) is 6.36. The number of nitrogens with zero attached hydrogens (tertiary/aromatic N) is 1. The van der Waals surface area contributed by atoms with Crippen LogP contribution in [-0.2, 0) is 4.79 Å². The summed E-state index contributed by atoms with van der Waals surface area (Å²) in [5.74, 6) is 0.0661. The third kappa shape index (κ3) is 3.11. The highest BCUT2D eigenvalue weighted by atomic mass is 32.1.